The molecule has 0 aromatic heterocycles. The molecule has 0 fully saturated rings. The Morgan fingerprint density at radius 1 is 0.375 bits per heavy atom. The van der Waals surface area contributed by atoms with E-state index in [9.17, 15) is 9.59 Å². The van der Waals surface area contributed by atoms with Gasteiger partial charge in [-0.05, 0) is 171 Å². The van der Waals surface area contributed by atoms with Gasteiger partial charge in [0.15, 0.2) is 0 Å². The van der Waals surface area contributed by atoms with Crippen LogP contribution in [0.15, 0.2) is 131 Å². The third-order valence-corrected chi connectivity index (χ3v) is 12.9. The minimum atomic E-state index is -0.528. The van der Waals surface area contributed by atoms with Gasteiger partial charge in [0.2, 0.25) is 0 Å². The van der Waals surface area contributed by atoms with Gasteiger partial charge in [-0.3, -0.25) is 9.98 Å². The van der Waals surface area contributed by atoms with E-state index in [1.54, 1.807) is 24.3 Å². The molecule has 0 bridgehead atoms. The first kappa shape index (κ1) is 56.9. The Labute approximate surface area is 433 Å². The fourth-order valence-corrected chi connectivity index (χ4v) is 8.49. The highest BCUT2D eigenvalue weighted by atomic mass is 16.5. The molecule has 0 N–H and O–H groups in total. The number of carbonyl (C=O) groups is 2. The molecule has 386 valence electrons. The van der Waals surface area contributed by atoms with Gasteiger partial charge >= 0.3 is 11.9 Å². The topological polar surface area (TPSA) is 95.8 Å². The zero-order chi connectivity index (χ0) is 50.5. The molecule has 0 radical (unpaired) electrons. The van der Waals surface area contributed by atoms with E-state index in [0.717, 1.165) is 72.5 Å². The number of benzene rings is 5. The zero-order valence-corrected chi connectivity index (χ0v) is 43.8. The summed E-state index contributed by atoms with van der Waals surface area (Å²) in [6.07, 6.45) is 32.2. The molecule has 5 aromatic carbocycles. The Balaban J connectivity index is 0.867. The zero-order valence-electron chi connectivity index (χ0n) is 43.8. The Hall–Kier alpha value is -6.02. The summed E-state index contributed by atoms with van der Waals surface area (Å²) >= 11 is 0. The van der Waals surface area contributed by atoms with E-state index in [1.807, 2.05) is 61.0 Å². The summed E-state index contributed by atoms with van der Waals surface area (Å²) in [5.74, 6) is 0.559. The van der Waals surface area contributed by atoms with Crippen LogP contribution in [0.25, 0.3) is 0 Å². The first-order valence-electron chi connectivity index (χ1n) is 27.7. The Morgan fingerprint density at radius 2 is 0.708 bits per heavy atom. The number of esters is 2. The van der Waals surface area contributed by atoms with Crippen molar-refractivity contribution in [3.63, 3.8) is 0 Å². The van der Waals surface area contributed by atoms with Crippen LogP contribution in [0.1, 0.15) is 198 Å². The minimum absolute atomic E-state index is 0.213. The SMILES string of the molecule is CCCCCCCCCCc1ccc(N=Cc2ccc(OCCCCCOC(=O)c3ccccc3C(=O)OCCCCCOc3ccc(C=Nc4ccc(CCCCCCCCCC)cc4)cc3)cc2)cc1. The van der Waals surface area contributed by atoms with E-state index in [4.69, 9.17) is 18.9 Å². The third-order valence-electron chi connectivity index (χ3n) is 12.9. The van der Waals surface area contributed by atoms with Crippen LogP contribution >= 0.6 is 0 Å². The minimum Gasteiger partial charge on any atom is -0.494 e. The van der Waals surface area contributed by atoms with Crippen molar-refractivity contribution in [3.05, 3.63) is 155 Å². The van der Waals surface area contributed by atoms with Crippen molar-refractivity contribution in [1.82, 2.24) is 0 Å². The number of nitrogens with zero attached hydrogens (tertiary/aromatic N) is 2. The van der Waals surface area contributed by atoms with E-state index < -0.39 is 11.9 Å². The molecule has 0 heterocycles. The quantitative estimate of drug-likeness (QED) is 0.0222. The highest BCUT2D eigenvalue weighted by molar-refractivity contribution is 6.03. The van der Waals surface area contributed by atoms with E-state index in [1.165, 1.54) is 114 Å². The van der Waals surface area contributed by atoms with Gasteiger partial charge in [-0.1, -0.05) is 140 Å². The molecule has 0 aliphatic carbocycles. The molecule has 0 unspecified atom stereocenters. The summed E-state index contributed by atoms with van der Waals surface area (Å²) in [6.45, 7) is 6.18. The lowest BCUT2D eigenvalue weighted by Crippen LogP contribution is -2.15. The molecule has 0 saturated carbocycles. The fourth-order valence-electron chi connectivity index (χ4n) is 8.49. The molecule has 8 heteroatoms. The maximum atomic E-state index is 13.0. The highest BCUT2D eigenvalue weighted by Gasteiger charge is 2.19. The average Bonchev–Trinajstić information content (AvgIpc) is 3.41. The number of hydrogen-bond acceptors (Lipinski definition) is 8. The van der Waals surface area contributed by atoms with Crippen LogP contribution in [0.2, 0.25) is 0 Å². The van der Waals surface area contributed by atoms with Gasteiger partial charge in [0.1, 0.15) is 11.5 Å². The number of rotatable bonds is 38. The monoisotopic (exact) mass is 977 g/mol. The summed E-state index contributed by atoms with van der Waals surface area (Å²) in [6, 6.07) is 39.7. The second kappa shape index (κ2) is 36.0. The third kappa shape index (κ3) is 23.9. The van der Waals surface area contributed by atoms with Crippen molar-refractivity contribution in [3.8, 4) is 11.5 Å². The smallest absolute Gasteiger partial charge is 0.339 e. The van der Waals surface area contributed by atoms with Crippen LogP contribution in [0.3, 0.4) is 0 Å². The summed E-state index contributed by atoms with van der Waals surface area (Å²) in [5.41, 5.74) is 7.12. The Bertz CT molecular complexity index is 2110. The molecule has 8 nitrogen and oxygen atoms in total. The van der Waals surface area contributed by atoms with Gasteiger partial charge in [-0.25, -0.2) is 9.59 Å². The molecule has 5 rings (SSSR count). The molecule has 0 saturated heterocycles. The summed E-state index contributed by atoms with van der Waals surface area (Å²) in [4.78, 5) is 35.2. The van der Waals surface area contributed by atoms with Crippen LogP contribution < -0.4 is 9.47 Å². The van der Waals surface area contributed by atoms with Crippen molar-refractivity contribution >= 4 is 35.7 Å². The molecule has 0 atom stereocenters. The van der Waals surface area contributed by atoms with Crippen molar-refractivity contribution in [1.29, 1.82) is 0 Å². The average molecular weight is 977 g/mol. The lowest BCUT2D eigenvalue weighted by molar-refractivity contribution is 0.0449. The summed E-state index contributed by atoms with van der Waals surface area (Å²) < 4.78 is 23.0. The number of unbranched alkanes of at least 4 members (excludes halogenated alkanes) is 18. The lowest BCUT2D eigenvalue weighted by Gasteiger charge is -2.10. The number of ether oxygens (including phenoxy) is 4. The fraction of sp³-hybridized carbons (Fsp3) is 0.469. The van der Waals surface area contributed by atoms with Crippen molar-refractivity contribution in [2.45, 2.75) is 168 Å². The molecule has 0 aliphatic heterocycles. The van der Waals surface area contributed by atoms with Crippen molar-refractivity contribution in [2.75, 3.05) is 26.4 Å². The normalized spacial score (nSPS) is 11.4. The van der Waals surface area contributed by atoms with Crippen LogP contribution in [0, 0.1) is 0 Å². The molecule has 5 aromatic rings. The van der Waals surface area contributed by atoms with Crippen molar-refractivity contribution in [2.24, 2.45) is 9.98 Å². The standard InChI is InChI=1S/C64H84N2O6/c1-3-5-7-9-11-13-15-19-27-53-31-39-57(40-32-53)65-51-55-35-43-59(44-36-55)69-47-23-17-25-49-71-63(67)61-29-21-22-30-62(61)64(68)72-50-26-18-24-48-70-60-45-37-56(38-46-60)52-66-58-41-33-54(34-42-58)28-20-16-14-12-10-8-6-4-2/h21-22,29-46,51-52H,3-20,23-28,47-50H2,1-2H3. The predicted molar refractivity (Wildman–Crippen MR) is 299 cm³/mol. The Morgan fingerprint density at radius 3 is 1.08 bits per heavy atom. The van der Waals surface area contributed by atoms with E-state index in [-0.39, 0.29) is 24.3 Å². The maximum Gasteiger partial charge on any atom is 0.339 e. The number of carbonyl (C=O) groups excluding carboxylic acids is 2. The number of aryl methyl sites for hydroxylation is 2. The van der Waals surface area contributed by atoms with E-state index in [0.29, 0.717) is 26.1 Å². The summed E-state index contributed by atoms with van der Waals surface area (Å²) in [5, 5.41) is 0. The second-order valence-electron chi connectivity index (χ2n) is 19.1. The molecule has 0 aliphatic rings. The van der Waals surface area contributed by atoms with Gasteiger partial charge in [-0.2, -0.15) is 0 Å². The van der Waals surface area contributed by atoms with E-state index >= 15 is 0 Å². The van der Waals surface area contributed by atoms with Gasteiger partial charge in [0, 0.05) is 12.4 Å². The highest BCUT2D eigenvalue weighted by Crippen LogP contribution is 2.21. The van der Waals surface area contributed by atoms with Gasteiger partial charge in [0.05, 0.1) is 48.9 Å². The second-order valence-corrected chi connectivity index (χ2v) is 19.1. The molecular formula is C64H84N2O6. The predicted octanol–water partition coefficient (Wildman–Crippen LogP) is 17.4. The van der Waals surface area contributed by atoms with Gasteiger partial charge in [-0.15, -0.1) is 0 Å². The van der Waals surface area contributed by atoms with Crippen molar-refractivity contribution < 1.29 is 28.5 Å². The van der Waals surface area contributed by atoms with Gasteiger partial charge < -0.3 is 18.9 Å². The molecule has 72 heavy (non-hydrogen) atoms. The molecule has 0 amide bonds. The number of hydrogen-bond donors (Lipinski definition) is 0. The lowest BCUT2D eigenvalue weighted by atomic mass is 10.0. The Kier molecular flexibility index (Phi) is 28.4. The van der Waals surface area contributed by atoms with Gasteiger partial charge in [0.25, 0.3) is 0 Å². The summed E-state index contributed by atoms with van der Waals surface area (Å²) in [7, 11) is 0. The van der Waals surface area contributed by atoms with Crippen LogP contribution in [-0.4, -0.2) is 50.8 Å². The molecular weight excluding hydrogens is 893 g/mol. The molecule has 0 spiro atoms. The first-order valence-corrected chi connectivity index (χ1v) is 27.7. The van der Waals surface area contributed by atoms with Crippen LogP contribution in [-0.2, 0) is 22.3 Å². The van der Waals surface area contributed by atoms with Crippen LogP contribution in [0.4, 0.5) is 11.4 Å². The maximum absolute atomic E-state index is 13.0. The van der Waals surface area contributed by atoms with Crippen LogP contribution in [0.5, 0.6) is 11.5 Å². The largest absolute Gasteiger partial charge is 0.494 e. The first-order chi connectivity index (χ1) is 35.5. The number of aliphatic imine (C=N–C) groups is 2. The van der Waals surface area contributed by atoms with E-state index in [2.05, 4.69) is 72.4 Å².